The monoisotopic (exact) mass is 315 g/mol. The summed E-state index contributed by atoms with van der Waals surface area (Å²) in [4.78, 5) is 16.2. The predicted octanol–water partition coefficient (Wildman–Crippen LogP) is 2.61. The van der Waals surface area contributed by atoms with Crippen LogP contribution >= 0.6 is 0 Å². The van der Waals surface area contributed by atoms with Crippen LogP contribution in [-0.2, 0) is 6.54 Å². The third kappa shape index (κ3) is 3.71. The van der Waals surface area contributed by atoms with Crippen molar-refractivity contribution >= 4 is 6.09 Å². The third-order valence-corrected chi connectivity index (χ3v) is 4.14. The molecule has 6 nitrogen and oxygen atoms in total. The van der Waals surface area contributed by atoms with Gasteiger partial charge in [0.05, 0.1) is 5.69 Å². The van der Waals surface area contributed by atoms with Crippen LogP contribution in [0.5, 0.6) is 5.75 Å². The number of piperazine rings is 1. The van der Waals surface area contributed by atoms with Crippen molar-refractivity contribution in [2.45, 2.75) is 20.4 Å². The lowest BCUT2D eigenvalue weighted by molar-refractivity contribution is 0.107. The molecule has 1 aliphatic rings. The van der Waals surface area contributed by atoms with Crippen LogP contribution < -0.4 is 4.74 Å². The zero-order valence-corrected chi connectivity index (χ0v) is 13.5. The van der Waals surface area contributed by atoms with Crippen LogP contribution in [-0.4, -0.2) is 47.2 Å². The molecular weight excluding hydrogens is 294 g/mol. The largest absolute Gasteiger partial charge is 0.415 e. The van der Waals surface area contributed by atoms with Crippen LogP contribution in [0.2, 0.25) is 0 Å². The summed E-state index contributed by atoms with van der Waals surface area (Å²) in [5, 5.41) is 3.99. The van der Waals surface area contributed by atoms with Crippen molar-refractivity contribution in [1.29, 1.82) is 0 Å². The number of ether oxygens (including phenoxy) is 1. The number of aryl methyl sites for hydroxylation is 2. The summed E-state index contributed by atoms with van der Waals surface area (Å²) in [6.07, 6.45) is -0.284. The maximum atomic E-state index is 12.2. The third-order valence-electron chi connectivity index (χ3n) is 4.14. The molecule has 2 aromatic rings. The van der Waals surface area contributed by atoms with Crippen molar-refractivity contribution in [3.63, 3.8) is 0 Å². The number of carbonyl (C=O) groups excluding carboxylic acids is 1. The maximum absolute atomic E-state index is 12.2. The Balaban J connectivity index is 1.51. The highest BCUT2D eigenvalue weighted by Gasteiger charge is 2.24. The fourth-order valence-electron chi connectivity index (χ4n) is 2.69. The van der Waals surface area contributed by atoms with Gasteiger partial charge in [0, 0.05) is 38.3 Å². The zero-order valence-electron chi connectivity index (χ0n) is 13.5. The number of amides is 1. The van der Waals surface area contributed by atoms with E-state index in [-0.39, 0.29) is 6.09 Å². The Morgan fingerprint density at radius 1 is 1.17 bits per heavy atom. The van der Waals surface area contributed by atoms with Crippen LogP contribution in [0.15, 0.2) is 34.9 Å². The number of para-hydroxylation sites is 1. The Morgan fingerprint density at radius 3 is 2.48 bits per heavy atom. The maximum Gasteiger partial charge on any atom is 0.415 e. The number of hydrogen-bond acceptors (Lipinski definition) is 5. The van der Waals surface area contributed by atoms with Gasteiger partial charge in [0.2, 0.25) is 0 Å². The molecule has 0 spiro atoms. The van der Waals surface area contributed by atoms with Gasteiger partial charge < -0.3 is 14.2 Å². The highest BCUT2D eigenvalue weighted by atomic mass is 16.6. The quantitative estimate of drug-likeness (QED) is 0.871. The molecule has 6 heteroatoms. The first-order valence-electron chi connectivity index (χ1n) is 7.79. The second-order valence-corrected chi connectivity index (χ2v) is 5.75. The standard InChI is InChI=1S/C17H21N3O3/c1-13-16(14(2)23-18-13)12-19-8-10-20(11-9-19)17(21)22-15-6-4-3-5-7-15/h3-7H,8-12H2,1-2H3. The lowest BCUT2D eigenvalue weighted by atomic mass is 10.2. The van der Waals surface area contributed by atoms with E-state index in [0.29, 0.717) is 18.8 Å². The van der Waals surface area contributed by atoms with E-state index in [2.05, 4.69) is 10.1 Å². The second-order valence-electron chi connectivity index (χ2n) is 5.75. The lowest BCUT2D eigenvalue weighted by Crippen LogP contribution is -2.49. The fourth-order valence-corrected chi connectivity index (χ4v) is 2.69. The van der Waals surface area contributed by atoms with Crippen LogP contribution in [0, 0.1) is 13.8 Å². The Hall–Kier alpha value is -2.34. The first-order chi connectivity index (χ1) is 11.1. The van der Waals surface area contributed by atoms with Gasteiger partial charge in [-0.25, -0.2) is 4.79 Å². The molecule has 0 saturated carbocycles. The summed E-state index contributed by atoms with van der Waals surface area (Å²) in [5.74, 6) is 1.45. The number of benzene rings is 1. The highest BCUT2D eigenvalue weighted by Crippen LogP contribution is 2.17. The summed E-state index contributed by atoms with van der Waals surface area (Å²) >= 11 is 0. The average molecular weight is 315 g/mol. The van der Waals surface area contributed by atoms with Gasteiger partial charge in [-0.3, -0.25) is 4.90 Å². The molecule has 0 atom stereocenters. The van der Waals surface area contributed by atoms with E-state index < -0.39 is 0 Å². The van der Waals surface area contributed by atoms with Gasteiger partial charge in [-0.2, -0.15) is 0 Å². The van der Waals surface area contributed by atoms with E-state index in [9.17, 15) is 4.79 Å². The van der Waals surface area contributed by atoms with E-state index in [1.165, 1.54) is 0 Å². The molecule has 0 N–H and O–H groups in total. The SMILES string of the molecule is Cc1noc(C)c1CN1CCN(C(=O)Oc2ccccc2)CC1. The van der Waals surface area contributed by atoms with E-state index in [1.807, 2.05) is 32.0 Å². The summed E-state index contributed by atoms with van der Waals surface area (Å²) in [5.41, 5.74) is 2.08. The summed E-state index contributed by atoms with van der Waals surface area (Å²) in [6.45, 7) is 7.65. The number of carbonyl (C=O) groups is 1. The molecule has 1 aliphatic heterocycles. The Labute approximate surface area is 135 Å². The topological polar surface area (TPSA) is 58.8 Å². The Morgan fingerprint density at radius 2 is 1.87 bits per heavy atom. The molecule has 1 fully saturated rings. The van der Waals surface area contributed by atoms with Crippen molar-refractivity contribution < 1.29 is 14.1 Å². The molecule has 0 radical (unpaired) electrons. The van der Waals surface area contributed by atoms with Crippen LogP contribution in [0.4, 0.5) is 4.79 Å². The van der Waals surface area contributed by atoms with E-state index in [0.717, 1.165) is 36.7 Å². The molecule has 0 aliphatic carbocycles. The second kappa shape index (κ2) is 6.83. The molecule has 0 bridgehead atoms. The molecule has 2 heterocycles. The first kappa shape index (κ1) is 15.6. The number of nitrogens with zero attached hydrogens (tertiary/aromatic N) is 3. The number of hydrogen-bond donors (Lipinski definition) is 0. The van der Waals surface area contributed by atoms with Gasteiger partial charge in [0.1, 0.15) is 11.5 Å². The minimum absolute atomic E-state index is 0.284. The normalized spacial score (nSPS) is 15.7. The summed E-state index contributed by atoms with van der Waals surface area (Å²) in [7, 11) is 0. The number of aromatic nitrogens is 1. The molecule has 3 rings (SSSR count). The van der Waals surface area contributed by atoms with E-state index in [4.69, 9.17) is 9.26 Å². The van der Waals surface area contributed by atoms with Crippen molar-refractivity contribution in [3.05, 3.63) is 47.3 Å². The van der Waals surface area contributed by atoms with Crippen molar-refractivity contribution in [1.82, 2.24) is 15.0 Å². The predicted molar refractivity (Wildman–Crippen MR) is 85.3 cm³/mol. The molecule has 23 heavy (non-hydrogen) atoms. The van der Waals surface area contributed by atoms with Crippen molar-refractivity contribution in [2.24, 2.45) is 0 Å². The number of rotatable bonds is 3. The van der Waals surface area contributed by atoms with Crippen LogP contribution in [0.1, 0.15) is 17.0 Å². The van der Waals surface area contributed by atoms with Crippen molar-refractivity contribution in [2.75, 3.05) is 26.2 Å². The van der Waals surface area contributed by atoms with E-state index in [1.54, 1.807) is 17.0 Å². The molecule has 1 aromatic heterocycles. The first-order valence-corrected chi connectivity index (χ1v) is 7.79. The van der Waals surface area contributed by atoms with Gasteiger partial charge in [0.15, 0.2) is 0 Å². The molecule has 0 unspecified atom stereocenters. The summed E-state index contributed by atoms with van der Waals surface area (Å²) < 4.78 is 10.6. The Kier molecular flexibility index (Phi) is 4.62. The molecular formula is C17H21N3O3. The molecule has 1 aromatic carbocycles. The lowest BCUT2D eigenvalue weighted by Gasteiger charge is -2.33. The van der Waals surface area contributed by atoms with Gasteiger partial charge in [0.25, 0.3) is 0 Å². The van der Waals surface area contributed by atoms with Crippen LogP contribution in [0.3, 0.4) is 0 Å². The zero-order chi connectivity index (χ0) is 16.2. The smallest absolute Gasteiger partial charge is 0.410 e. The van der Waals surface area contributed by atoms with Gasteiger partial charge in [-0.15, -0.1) is 0 Å². The van der Waals surface area contributed by atoms with Gasteiger partial charge >= 0.3 is 6.09 Å². The Bertz CT molecular complexity index is 641. The van der Waals surface area contributed by atoms with E-state index >= 15 is 0 Å². The minimum Gasteiger partial charge on any atom is -0.410 e. The van der Waals surface area contributed by atoms with Gasteiger partial charge in [-0.1, -0.05) is 23.4 Å². The average Bonchev–Trinajstić information content (AvgIpc) is 2.88. The van der Waals surface area contributed by atoms with Gasteiger partial charge in [-0.05, 0) is 26.0 Å². The van der Waals surface area contributed by atoms with Crippen LogP contribution in [0.25, 0.3) is 0 Å². The molecule has 1 amide bonds. The molecule has 122 valence electrons. The minimum atomic E-state index is -0.284. The molecule has 1 saturated heterocycles. The highest BCUT2D eigenvalue weighted by molar-refractivity contribution is 5.70. The summed E-state index contributed by atoms with van der Waals surface area (Å²) in [6, 6.07) is 9.16. The van der Waals surface area contributed by atoms with Crippen molar-refractivity contribution in [3.8, 4) is 5.75 Å². The fraction of sp³-hybridized carbons (Fsp3) is 0.412.